The molecule has 3 atom stereocenters. The number of esters is 1. The lowest BCUT2D eigenvalue weighted by atomic mass is 9.90. The van der Waals surface area contributed by atoms with Gasteiger partial charge in [-0.2, -0.15) is 0 Å². The van der Waals surface area contributed by atoms with Crippen LogP contribution in [0, 0.1) is 0 Å². The molecule has 2 aromatic rings. The lowest BCUT2D eigenvalue weighted by Crippen LogP contribution is -2.37. The Morgan fingerprint density at radius 1 is 1.32 bits per heavy atom. The summed E-state index contributed by atoms with van der Waals surface area (Å²) >= 11 is 0. The zero-order chi connectivity index (χ0) is 16.7. The highest BCUT2D eigenvalue weighted by molar-refractivity contribution is 5.90. The number of hydrogen-bond donors (Lipinski definition) is 1. The molecule has 0 amide bonds. The van der Waals surface area contributed by atoms with Gasteiger partial charge < -0.3 is 19.2 Å². The average Bonchev–Trinajstić information content (AvgIpc) is 3.17. The molecule has 25 heavy (non-hydrogen) atoms. The summed E-state index contributed by atoms with van der Waals surface area (Å²) in [5.74, 6) is 1.10. The molecule has 1 aromatic carbocycles. The summed E-state index contributed by atoms with van der Waals surface area (Å²) in [6.07, 6.45) is 1.07. The molecule has 0 spiro atoms. The van der Waals surface area contributed by atoms with Crippen molar-refractivity contribution in [3.8, 4) is 5.75 Å². The highest BCUT2D eigenvalue weighted by Crippen LogP contribution is 2.46. The van der Waals surface area contributed by atoms with E-state index in [1.807, 2.05) is 12.1 Å². The van der Waals surface area contributed by atoms with Crippen molar-refractivity contribution in [1.29, 1.82) is 0 Å². The number of nitrogens with zero attached hydrogens (tertiary/aromatic N) is 1. The smallest absolute Gasteiger partial charge is 0.329 e. The zero-order valence-electron chi connectivity index (χ0n) is 14.0. The fourth-order valence-electron chi connectivity index (χ4n) is 4.01. The van der Waals surface area contributed by atoms with Crippen molar-refractivity contribution in [3.05, 3.63) is 29.5 Å². The first-order valence-corrected chi connectivity index (χ1v) is 8.32. The van der Waals surface area contributed by atoms with Crippen LogP contribution in [-0.4, -0.2) is 56.4 Å². The van der Waals surface area contributed by atoms with Gasteiger partial charge in [-0.05, 0) is 36.7 Å². The van der Waals surface area contributed by atoms with Crippen LogP contribution in [0.25, 0.3) is 10.9 Å². The molecule has 136 valence electrons. The Balaban J connectivity index is 0.00000182. The standard InChI is InChI=1S/C18H22N2O4.CH4/c1-22-7-8-24-18(21)17-16-15(11-5-6-20(17)10-11)13-9-12(23-2)3-4-14(13)19-16;/h3-4,9,11,17,19H,5-8,10H2,1-2H3;1H4. The maximum Gasteiger partial charge on any atom is 0.329 e. The summed E-state index contributed by atoms with van der Waals surface area (Å²) in [5, 5.41) is 1.16. The summed E-state index contributed by atoms with van der Waals surface area (Å²) in [6.45, 7) is 2.52. The van der Waals surface area contributed by atoms with Gasteiger partial charge in [-0.3, -0.25) is 4.90 Å². The average molecular weight is 346 g/mol. The number of carbonyl (C=O) groups is 1. The number of carbonyl (C=O) groups excluding carboxylic acids is 1. The number of benzene rings is 1. The molecule has 2 aliphatic rings. The van der Waals surface area contributed by atoms with Crippen LogP contribution in [0.4, 0.5) is 0 Å². The van der Waals surface area contributed by atoms with Crippen LogP contribution in [0.3, 0.4) is 0 Å². The van der Waals surface area contributed by atoms with Gasteiger partial charge in [0, 0.05) is 36.2 Å². The van der Waals surface area contributed by atoms with E-state index >= 15 is 0 Å². The Bertz CT molecular complexity index is 770. The van der Waals surface area contributed by atoms with Gasteiger partial charge in [0.25, 0.3) is 0 Å². The molecule has 2 aliphatic heterocycles. The summed E-state index contributed by atoms with van der Waals surface area (Å²) in [4.78, 5) is 18.3. The third-order valence-electron chi connectivity index (χ3n) is 5.10. The Hall–Kier alpha value is -2.05. The maximum atomic E-state index is 12.7. The fraction of sp³-hybridized carbons (Fsp3) is 0.526. The number of aromatic nitrogens is 1. The minimum absolute atomic E-state index is 0. The molecule has 3 heterocycles. The molecule has 3 unspecified atom stereocenters. The predicted molar refractivity (Wildman–Crippen MR) is 96.1 cm³/mol. The van der Waals surface area contributed by atoms with Gasteiger partial charge in [0.15, 0.2) is 0 Å². The molecule has 0 saturated carbocycles. The van der Waals surface area contributed by atoms with E-state index < -0.39 is 0 Å². The van der Waals surface area contributed by atoms with Crippen LogP contribution < -0.4 is 4.74 Å². The number of aromatic amines is 1. The van der Waals surface area contributed by atoms with E-state index in [0.29, 0.717) is 12.5 Å². The van der Waals surface area contributed by atoms with E-state index in [1.165, 1.54) is 5.56 Å². The van der Waals surface area contributed by atoms with Gasteiger partial charge in [-0.15, -0.1) is 0 Å². The van der Waals surface area contributed by atoms with Crippen molar-refractivity contribution in [3.63, 3.8) is 0 Å². The highest BCUT2D eigenvalue weighted by Gasteiger charge is 2.44. The molecule has 1 saturated heterocycles. The molecule has 6 nitrogen and oxygen atoms in total. The predicted octanol–water partition coefficient (Wildman–Crippen LogP) is 2.85. The van der Waals surface area contributed by atoms with Gasteiger partial charge in [-0.25, -0.2) is 4.79 Å². The quantitative estimate of drug-likeness (QED) is 0.666. The molecular formula is C19H26N2O4. The SMILES string of the molecule is C.COCCOC(=O)C1c2[nH]c3ccc(OC)cc3c2C2CCN1C2. The molecule has 2 bridgehead atoms. The number of rotatable bonds is 5. The number of nitrogens with one attached hydrogen (secondary N) is 1. The van der Waals surface area contributed by atoms with Crippen LogP contribution >= 0.6 is 0 Å². The zero-order valence-corrected chi connectivity index (χ0v) is 14.0. The molecule has 6 heteroatoms. The number of fused-ring (bicyclic) bond motifs is 6. The van der Waals surface area contributed by atoms with Crippen LogP contribution in [0.2, 0.25) is 0 Å². The molecule has 1 N–H and O–H groups in total. The molecule has 4 rings (SSSR count). The highest BCUT2D eigenvalue weighted by atomic mass is 16.6. The van der Waals surface area contributed by atoms with Gasteiger partial charge in [0.05, 0.1) is 13.7 Å². The van der Waals surface area contributed by atoms with E-state index in [0.717, 1.165) is 41.9 Å². The van der Waals surface area contributed by atoms with Crippen LogP contribution in [-0.2, 0) is 14.3 Å². The van der Waals surface area contributed by atoms with Crippen LogP contribution in [0.15, 0.2) is 18.2 Å². The third kappa shape index (κ3) is 2.89. The van der Waals surface area contributed by atoms with Crippen molar-refractivity contribution < 1.29 is 19.0 Å². The van der Waals surface area contributed by atoms with Gasteiger partial charge in [0.1, 0.15) is 18.4 Å². The monoisotopic (exact) mass is 346 g/mol. The normalized spacial score (nSPS) is 23.8. The molecule has 1 fully saturated rings. The van der Waals surface area contributed by atoms with Crippen LogP contribution in [0.5, 0.6) is 5.75 Å². The first-order valence-electron chi connectivity index (χ1n) is 8.32. The first kappa shape index (κ1) is 17.8. The Kier molecular flexibility index (Phi) is 5.01. The second-order valence-corrected chi connectivity index (χ2v) is 6.41. The summed E-state index contributed by atoms with van der Waals surface area (Å²) in [6, 6.07) is 5.66. The van der Waals surface area contributed by atoms with E-state index in [-0.39, 0.29) is 26.0 Å². The lowest BCUT2D eigenvalue weighted by molar-refractivity contribution is -0.151. The third-order valence-corrected chi connectivity index (χ3v) is 5.10. The van der Waals surface area contributed by atoms with Gasteiger partial charge in [-0.1, -0.05) is 7.43 Å². The molecule has 0 radical (unpaired) electrons. The number of hydrogen-bond acceptors (Lipinski definition) is 5. The number of methoxy groups -OCH3 is 2. The van der Waals surface area contributed by atoms with Crippen molar-refractivity contribution in [1.82, 2.24) is 9.88 Å². The number of H-pyrrole nitrogens is 1. The molecule has 1 aromatic heterocycles. The fourth-order valence-corrected chi connectivity index (χ4v) is 4.01. The van der Waals surface area contributed by atoms with Crippen LogP contribution in [0.1, 0.15) is 37.1 Å². The van der Waals surface area contributed by atoms with Gasteiger partial charge in [0.2, 0.25) is 0 Å². The first-order chi connectivity index (χ1) is 11.7. The minimum Gasteiger partial charge on any atom is -0.497 e. The summed E-state index contributed by atoms with van der Waals surface area (Å²) in [7, 11) is 3.27. The Labute approximate surface area is 148 Å². The van der Waals surface area contributed by atoms with E-state index in [1.54, 1.807) is 14.2 Å². The van der Waals surface area contributed by atoms with E-state index in [4.69, 9.17) is 14.2 Å². The van der Waals surface area contributed by atoms with Crippen molar-refractivity contribution in [2.45, 2.75) is 25.8 Å². The van der Waals surface area contributed by atoms with Crippen molar-refractivity contribution >= 4 is 16.9 Å². The minimum atomic E-state index is -0.353. The van der Waals surface area contributed by atoms with Gasteiger partial charge >= 0.3 is 5.97 Å². The van der Waals surface area contributed by atoms with E-state index in [9.17, 15) is 4.79 Å². The Morgan fingerprint density at radius 3 is 2.92 bits per heavy atom. The topological polar surface area (TPSA) is 63.8 Å². The maximum absolute atomic E-state index is 12.7. The molecular weight excluding hydrogens is 320 g/mol. The summed E-state index contributed by atoms with van der Waals surface area (Å²) in [5.41, 5.74) is 3.28. The van der Waals surface area contributed by atoms with E-state index in [2.05, 4.69) is 16.0 Å². The molecule has 0 aliphatic carbocycles. The largest absolute Gasteiger partial charge is 0.497 e. The summed E-state index contributed by atoms with van der Waals surface area (Å²) < 4.78 is 15.8. The number of ether oxygens (including phenoxy) is 3. The van der Waals surface area contributed by atoms with Crippen molar-refractivity contribution in [2.24, 2.45) is 0 Å². The second-order valence-electron chi connectivity index (χ2n) is 6.41. The van der Waals surface area contributed by atoms with Crippen molar-refractivity contribution in [2.75, 3.05) is 40.5 Å². The lowest BCUT2D eigenvalue weighted by Gasteiger charge is -2.30. The Morgan fingerprint density at radius 2 is 2.16 bits per heavy atom. The second kappa shape index (κ2) is 7.06.